The van der Waals surface area contributed by atoms with E-state index in [0.717, 1.165) is 10.2 Å². The van der Waals surface area contributed by atoms with Crippen LogP contribution in [0.25, 0.3) is 0 Å². The minimum Gasteiger partial charge on any atom is -0.495 e. The van der Waals surface area contributed by atoms with Gasteiger partial charge < -0.3 is 10.1 Å². The van der Waals surface area contributed by atoms with Crippen LogP contribution in [0.1, 0.15) is 5.56 Å². The van der Waals surface area contributed by atoms with Crippen LogP contribution in [0, 0.1) is 5.82 Å². The molecule has 0 fully saturated rings. The molecule has 1 N–H and O–H groups in total. The Bertz CT molecular complexity index is 571. The van der Waals surface area contributed by atoms with Gasteiger partial charge in [-0.3, -0.25) is 0 Å². The highest BCUT2D eigenvalue weighted by atomic mass is 79.9. The second kappa shape index (κ2) is 6.26. The minimum atomic E-state index is -0.316. The number of rotatable bonds is 4. The number of ether oxygens (including phenoxy) is 1. The Balaban J connectivity index is 2.15. The lowest BCUT2D eigenvalue weighted by molar-refractivity contribution is 0.412. The van der Waals surface area contributed by atoms with Crippen LogP contribution in [0.3, 0.4) is 0 Å². The molecule has 2 nitrogen and oxygen atoms in total. The van der Waals surface area contributed by atoms with Gasteiger partial charge in [-0.25, -0.2) is 4.39 Å². The second-order valence-corrected chi connectivity index (χ2v) is 5.16. The lowest BCUT2D eigenvalue weighted by Crippen LogP contribution is -2.02. The highest BCUT2D eigenvalue weighted by Gasteiger charge is 2.07. The predicted molar refractivity (Wildman–Crippen MR) is 79.4 cm³/mol. The first-order chi connectivity index (χ1) is 9.11. The molecule has 0 heterocycles. The van der Waals surface area contributed by atoms with Gasteiger partial charge in [0.2, 0.25) is 0 Å². The molecule has 0 aliphatic rings. The lowest BCUT2D eigenvalue weighted by atomic mass is 10.2. The van der Waals surface area contributed by atoms with Crippen LogP contribution in [0.2, 0.25) is 5.02 Å². The van der Waals surface area contributed by atoms with Crippen molar-refractivity contribution in [1.29, 1.82) is 0 Å². The van der Waals surface area contributed by atoms with E-state index in [9.17, 15) is 4.39 Å². The third-order valence-electron chi connectivity index (χ3n) is 2.68. The third kappa shape index (κ3) is 3.39. The molecule has 0 bridgehead atoms. The van der Waals surface area contributed by atoms with E-state index >= 15 is 0 Å². The molecule has 100 valence electrons. The van der Waals surface area contributed by atoms with Crippen LogP contribution in [-0.2, 0) is 6.54 Å². The molecule has 0 atom stereocenters. The zero-order valence-electron chi connectivity index (χ0n) is 10.2. The van der Waals surface area contributed by atoms with Gasteiger partial charge in [0.05, 0.1) is 11.6 Å². The molecule has 0 spiro atoms. The molecular weight excluding hydrogens is 333 g/mol. The average molecular weight is 345 g/mol. The molecule has 0 aliphatic carbocycles. The molecule has 0 aromatic heterocycles. The van der Waals surface area contributed by atoms with Crippen LogP contribution in [-0.4, -0.2) is 7.11 Å². The van der Waals surface area contributed by atoms with Gasteiger partial charge in [0, 0.05) is 28.9 Å². The summed E-state index contributed by atoms with van der Waals surface area (Å²) in [6, 6.07) is 10.2. The van der Waals surface area contributed by atoms with Crippen LogP contribution >= 0.6 is 27.5 Å². The van der Waals surface area contributed by atoms with Gasteiger partial charge in [-0.1, -0.05) is 17.7 Å². The van der Waals surface area contributed by atoms with Crippen molar-refractivity contribution in [3.05, 3.63) is 57.3 Å². The summed E-state index contributed by atoms with van der Waals surface area (Å²) in [6.07, 6.45) is 0. The summed E-state index contributed by atoms with van der Waals surface area (Å²) in [5.74, 6) is 0.397. The quantitative estimate of drug-likeness (QED) is 0.855. The van der Waals surface area contributed by atoms with Crippen LogP contribution < -0.4 is 10.1 Å². The summed E-state index contributed by atoms with van der Waals surface area (Å²) in [4.78, 5) is 0. The molecule has 2 rings (SSSR count). The SMILES string of the molecule is COc1cc(NCc2c(F)cccc2Cl)ccc1Br. The van der Waals surface area contributed by atoms with Crippen molar-refractivity contribution in [2.75, 3.05) is 12.4 Å². The van der Waals surface area contributed by atoms with E-state index in [0.29, 0.717) is 22.9 Å². The molecule has 0 aliphatic heterocycles. The van der Waals surface area contributed by atoms with E-state index in [1.54, 1.807) is 19.2 Å². The maximum Gasteiger partial charge on any atom is 0.135 e. The van der Waals surface area contributed by atoms with Crippen molar-refractivity contribution in [3.63, 3.8) is 0 Å². The fourth-order valence-corrected chi connectivity index (χ4v) is 2.30. The number of halogens is 3. The number of hydrogen-bond acceptors (Lipinski definition) is 2. The Labute approximate surface area is 124 Å². The number of nitrogens with one attached hydrogen (secondary N) is 1. The lowest BCUT2D eigenvalue weighted by Gasteiger charge is -2.11. The van der Waals surface area contributed by atoms with E-state index < -0.39 is 0 Å². The monoisotopic (exact) mass is 343 g/mol. The van der Waals surface area contributed by atoms with Gasteiger partial charge in [0.15, 0.2) is 0 Å². The molecule has 19 heavy (non-hydrogen) atoms. The van der Waals surface area contributed by atoms with Gasteiger partial charge in [-0.05, 0) is 40.2 Å². The largest absolute Gasteiger partial charge is 0.495 e. The summed E-state index contributed by atoms with van der Waals surface area (Å²) in [5, 5.41) is 3.53. The molecule has 0 unspecified atom stereocenters. The minimum absolute atomic E-state index is 0.316. The Morgan fingerprint density at radius 1 is 1.32 bits per heavy atom. The summed E-state index contributed by atoms with van der Waals surface area (Å²) >= 11 is 9.34. The van der Waals surface area contributed by atoms with Gasteiger partial charge in [-0.2, -0.15) is 0 Å². The fourth-order valence-electron chi connectivity index (χ4n) is 1.66. The third-order valence-corrected chi connectivity index (χ3v) is 3.69. The Morgan fingerprint density at radius 3 is 2.79 bits per heavy atom. The zero-order chi connectivity index (χ0) is 13.8. The van der Waals surface area contributed by atoms with E-state index in [-0.39, 0.29) is 5.82 Å². The Morgan fingerprint density at radius 2 is 2.11 bits per heavy atom. The molecule has 2 aromatic rings. The zero-order valence-corrected chi connectivity index (χ0v) is 12.6. The van der Waals surface area contributed by atoms with Gasteiger partial charge in [0.25, 0.3) is 0 Å². The van der Waals surface area contributed by atoms with Crippen molar-refractivity contribution in [3.8, 4) is 5.75 Å². The van der Waals surface area contributed by atoms with Gasteiger partial charge in [0.1, 0.15) is 11.6 Å². The van der Waals surface area contributed by atoms with Crippen molar-refractivity contribution < 1.29 is 9.13 Å². The number of hydrogen-bond donors (Lipinski definition) is 1. The van der Waals surface area contributed by atoms with E-state index in [4.69, 9.17) is 16.3 Å². The molecule has 0 amide bonds. The second-order valence-electron chi connectivity index (χ2n) is 3.90. The molecule has 0 saturated heterocycles. The van der Waals surface area contributed by atoms with Crippen LogP contribution in [0.15, 0.2) is 40.9 Å². The highest BCUT2D eigenvalue weighted by Crippen LogP contribution is 2.28. The summed E-state index contributed by atoms with van der Waals surface area (Å²) < 4.78 is 19.7. The first kappa shape index (κ1) is 14.2. The maximum absolute atomic E-state index is 13.6. The average Bonchev–Trinajstić information content (AvgIpc) is 2.40. The summed E-state index contributed by atoms with van der Waals surface area (Å²) in [6.45, 7) is 0.316. The fraction of sp³-hybridized carbons (Fsp3) is 0.143. The van der Waals surface area contributed by atoms with E-state index in [1.165, 1.54) is 6.07 Å². The van der Waals surface area contributed by atoms with Crippen molar-refractivity contribution in [1.82, 2.24) is 0 Å². The highest BCUT2D eigenvalue weighted by molar-refractivity contribution is 9.10. The Kier molecular flexibility index (Phi) is 4.66. The number of anilines is 1. The van der Waals surface area contributed by atoms with Crippen molar-refractivity contribution in [2.24, 2.45) is 0 Å². The number of methoxy groups -OCH3 is 1. The normalized spacial score (nSPS) is 10.3. The first-order valence-corrected chi connectivity index (χ1v) is 6.79. The van der Waals surface area contributed by atoms with Crippen molar-refractivity contribution in [2.45, 2.75) is 6.54 Å². The molecular formula is C14H12BrClFNO. The smallest absolute Gasteiger partial charge is 0.135 e. The van der Waals surface area contributed by atoms with Crippen LogP contribution in [0.5, 0.6) is 5.75 Å². The Hall–Kier alpha value is -1.26. The van der Waals surface area contributed by atoms with Gasteiger partial charge in [-0.15, -0.1) is 0 Å². The number of benzene rings is 2. The molecule has 2 aromatic carbocycles. The van der Waals surface area contributed by atoms with E-state index in [1.807, 2.05) is 18.2 Å². The standard InChI is InChI=1S/C14H12BrClFNO/c1-19-14-7-9(5-6-11(14)15)18-8-10-12(16)3-2-4-13(10)17/h2-7,18H,8H2,1H3. The van der Waals surface area contributed by atoms with E-state index in [2.05, 4.69) is 21.2 Å². The summed E-state index contributed by atoms with van der Waals surface area (Å²) in [5.41, 5.74) is 1.28. The van der Waals surface area contributed by atoms with Crippen molar-refractivity contribution >= 4 is 33.2 Å². The molecule has 0 saturated carbocycles. The van der Waals surface area contributed by atoms with Gasteiger partial charge >= 0.3 is 0 Å². The first-order valence-electron chi connectivity index (χ1n) is 5.62. The van der Waals surface area contributed by atoms with Crippen LogP contribution in [0.4, 0.5) is 10.1 Å². The molecule has 5 heteroatoms. The maximum atomic E-state index is 13.6. The topological polar surface area (TPSA) is 21.3 Å². The predicted octanol–water partition coefficient (Wildman–Crippen LogP) is 4.86. The summed E-state index contributed by atoms with van der Waals surface area (Å²) in [7, 11) is 1.59. The molecule has 0 radical (unpaired) electrons.